The van der Waals surface area contributed by atoms with Crippen LogP contribution in [0.2, 0.25) is 0 Å². The molecule has 6 aromatic carbocycles. The van der Waals surface area contributed by atoms with Crippen molar-refractivity contribution in [1.82, 2.24) is 0 Å². The van der Waals surface area contributed by atoms with Crippen LogP contribution in [0.1, 0.15) is 95.7 Å². The summed E-state index contributed by atoms with van der Waals surface area (Å²) in [5, 5.41) is 39.5. The van der Waals surface area contributed by atoms with Gasteiger partial charge < -0.3 is 9.47 Å². The Kier molecular flexibility index (Phi) is 10.4. The quantitative estimate of drug-likeness (QED) is 0.0602. The number of carbonyl (C=O) groups excluding carboxylic acids is 6. The number of nitriles is 4. The van der Waals surface area contributed by atoms with Gasteiger partial charge in [-0.1, -0.05) is 60.7 Å². The maximum atomic E-state index is 15.2. The maximum Gasteiger partial charge on any atom is 0.333 e. The molecule has 334 valence electrons. The van der Waals surface area contributed by atoms with E-state index in [0.29, 0.717) is 52.2 Å². The number of allylic oxidation sites excluding steroid dienone is 2. The molecule has 0 radical (unpaired) electrons. The Labute approximate surface area is 410 Å². The van der Waals surface area contributed by atoms with E-state index in [2.05, 4.69) is 0 Å². The van der Waals surface area contributed by atoms with Gasteiger partial charge >= 0.3 is 11.9 Å². The van der Waals surface area contributed by atoms with E-state index < -0.39 is 40.5 Å². The standard InChI is InChI=1S/C57H26N4O8S2/c58-23-33-13-41-42(14-34(33)24-59)52(63)45(51(41)62)19-37-11-31-17-47-39(21-49(31)70-37)40-22-50-32(12-38(71-50)20-46-53(64)43-15-35(25-60)36(26-61)16-44(43)54(46)65)18-48(40)57(47,55(66)68-27-29-7-3-1-4-8-29)56(67)69-28-30-9-5-2-6-10-30/h1-22H,27-28H2. The summed E-state index contributed by atoms with van der Waals surface area (Å²) in [6.07, 6.45) is 2.91. The van der Waals surface area contributed by atoms with Crippen molar-refractivity contribution in [1.29, 1.82) is 21.0 Å². The lowest BCUT2D eigenvalue weighted by Crippen LogP contribution is -2.45. The number of benzene rings is 6. The molecule has 0 unspecified atom stereocenters. The van der Waals surface area contributed by atoms with Crippen molar-refractivity contribution in [3.05, 3.63) is 209 Å². The molecule has 2 heterocycles. The Morgan fingerprint density at radius 3 is 1.13 bits per heavy atom. The van der Waals surface area contributed by atoms with Crippen LogP contribution in [-0.4, -0.2) is 35.1 Å². The minimum absolute atomic E-state index is 0.0236. The molecule has 0 saturated carbocycles. The van der Waals surface area contributed by atoms with Gasteiger partial charge in [0.05, 0.1) is 33.4 Å². The number of fused-ring (bicyclic) bond motifs is 7. The monoisotopic (exact) mass is 958 g/mol. The van der Waals surface area contributed by atoms with Gasteiger partial charge in [0.25, 0.3) is 0 Å². The van der Waals surface area contributed by atoms with E-state index in [9.17, 15) is 40.2 Å². The topological polar surface area (TPSA) is 216 Å². The van der Waals surface area contributed by atoms with Gasteiger partial charge in [-0.3, -0.25) is 28.8 Å². The lowest BCUT2D eigenvalue weighted by molar-refractivity contribution is -0.164. The first-order valence-corrected chi connectivity index (χ1v) is 23.3. The highest BCUT2D eigenvalue weighted by molar-refractivity contribution is 7.20. The molecule has 0 saturated heterocycles. The first kappa shape index (κ1) is 43.8. The molecule has 3 aliphatic rings. The Morgan fingerprint density at radius 1 is 0.465 bits per heavy atom. The minimum atomic E-state index is -2.20. The zero-order chi connectivity index (χ0) is 49.3. The maximum absolute atomic E-state index is 15.2. The van der Waals surface area contributed by atoms with Crippen molar-refractivity contribution in [2.24, 2.45) is 0 Å². The van der Waals surface area contributed by atoms with E-state index in [1.54, 1.807) is 72.8 Å². The van der Waals surface area contributed by atoms with Gasteiger partial charge in [0, 0.05) is 41.4 Å². The van der Waals surface area contributed by atoms with E-state index in [1.807, 2.05) is 48.5 Å². The second-order valence-corrected chi connectivity index (χ2v) is 19.0. The highest BCUT2D eigenvalue weighted by Gasteiger charge is 2.58. The van der Waals surface area contributed by atoms with Crippen molar-refractivity contribution in [3.63, 3.8) is 0 Å². The highest BCUT2D eigenvalue weighted by atomic mass is 32.1. The third kappa shape index (κ3) is 6.90. The molecular formula is C57H26N4O8S2. The van der Waals surface area contributed by atoms with E-state index in [0.717, 1.165) is 0 Å². The van der Waals surface area contributed by atoms with E-state index in [1.165, 1.54) is 59.1 Å². The van der Waals surface area contributed by atoms with Crippen LogP contribution in [0.15, 0.2) is 132 Å². The Balaban J connectivity index is 1.07. The largest absolute Gasteiger partial charge is 0.459 e. The Hall–Kier alpha value is -9.70. The second kappa shape index (κ2) is 16.8. The normalized spacial score (nSPS) is 13.7. The van der Waals surface area contributed by atoms with Crippen LogP contribution in [0, 0.1) is 45.3 Å². The molecule has 0 atom stereocenters. The van der Waals surface area contributed by atoms with Crippen molar-refractivity contribution in [3.8, 4) is 35.4 Å². The predicted octanol–water partition coefficient (Wildman–Crippen LogP) is 10.3. The van der Waals surface area contributed by atoms with Crippen LogP contribution in [-0.2, 0) is 37.7 Å². The number of rotatable bonds is 8. The van der Waals surface area contributed by atoms with Crippen LogP contribution < -0.4 is 0 Å². The number of hydrogen-bond donors (Lipinski definition) is 0. The van der Waals surface area contributed by atoms with E-state index in [-0.39, 0.29) is 80.0 Å². The number of ketones is 4. The molecular weight excluding hydrogens is 933 g/mol. The molecule has 0 N–H and O–H groups in total. The van der Waals surface area contributed by atoms with Crippen molar-refractivity contribution in [2.75, 3.05) is 0 Å². The zero-order valence-corrected chi connectivity index (χ0v) is 38.1. The van der Waals surface area contributed by atoms with Gasteiger partial charge in [-0.2, -0.15) is 21.0 Å². The Bertz CT molecular complexity index is 3680. The van der Waals surface area contributed by atoms with Crippen LogP contribution in [0.5, 0.6) is 0 Å². The lowest BCUT2D eigenvalue weighted by atomic mass is 9.77. The van der Waals surface area contributed by atoms with Gasteiger partial charge in [-0.05, 0) is 117 Å². The summed E-state index contributed by atoms with van der Waals surface area (Å²) in [5.74, 6) is -4.19. The number of hydrogen-bond acceptors (Lipinski definition) is 14. The van der Waals surface area contributed by atoms with Gasteiger partial charge in [0.1, 0.15) is 37.5 Å². The summed E-state index contributed by atoms with van der Waals surface area (Å²) in [4.78, 5) is 86.1. The SMILES string of the molecule is N#Cc1cc2c(cc1C#N)C(=O)C(=Cc1cc3cc4c(cc3s1)-c1cc3sc(C=C5C(=O)c6cc(C#N)c(C#N)cc6C5=O)cc3cc1C4(C(=O)OCc1ccccc1)C(=O)OCc1ccccc1)C2=O. The minimum Gasteiger partial charge on any atom is -0.459 e. The van der Waals surface area contributed by atoms with Gasteiger partial charge in [0.2, 0.25) is 5.41 Å². The Morgan fingerprint density at radius 2 is 0.803 bits per heavy atom. The summed E-state index contributed by atoms with van der Waals surface area (Å²) in [5.41, 5.74) is 0.375. The summed E-state index contributed by atoms with van der Waals surface area (Å²) in [7, 11) is 0. The van der Waals surface area contributed by atoms with Crippen molar-refractivity contribution in [2.45, 2.75) is 18.6 Å². The smallest absolute Gasteiger partial charge is 0.333 e. The molecule has 2 aromatic heterocycles. The van der Waals surface area contributed by atoms with E-state index >= 15 is 9.59 Å². The second-order valence-electron chi connectivity index (χ2n) is 16.8. The molecule has 14 heteroatoms. The number of esters is 2. The summed E-state index contributed by atoms with van der Waals surface area (Å²) < 4.78 is 13.6. The summed E-state index contributed by atoms with van der Waals surface area (Å²) in [6.45, 7) is -0.359. The molecule has 8 aromatic rings. The number of Topliss-reactive ketones (excluding diaryl/α,β-unsaturated/α-hetero) is 4. The van der Waals surface area contributed by atoms with E-state index in [4.69, 9.17) is 9.47 Å². The number of nitrogens with zero attached hydrogens (tertiary/aromatic N) is 4. The third-order valence-corrected chi connectivity index (χ3v) is 14.9. The molecule has 0 fully saturated rings. The van der Waals surface area contributed by atoms with Gasteiger partial charge in [-0.15, -0.1) is 22.7 Å². The molecule has 0 bridgehead atoms. The first-order chi connectivity index (χ1) is 34.4. The molecule has 0 aliphatic heterocycles. The number of carbonyl (C=O) groups is 6. The fourth-order valence-corrected chi connectivity index (χ4v) is 11.5. The molecule has 11 rings (SSSR count). The van der Waals surface area contributed by atoms with Crippen LogP contribution in [0.4, 0.5) is 0 Å². The van der Waals surface area contributed by atoms with Crippen molar-refractivity contribution < 1.29 is 38.2 Å². The summed E-state index contributed by atoms with van der Waals surface area (Å²) >= 11 is 2.52. The molecule has 12 nitrogen and oxygen atoms in total. The lowest BCUT2D eigenvalue weighted by Gasteiger charge is -2.28. The third-order valence-electron chi connectivity index (χ3n) is 12.8. The molecule has 3 aliphatic carbocycles. The average Bonchev–Trinajstić information content (AvgIpc) is 4.17. The number of thiophene rings is 2. The fourth-order valence-electron chi connectivity index (χ4n) is 9.41. The van der Waals surface area contributed by atoms with Crippen LogP contribution in [0.25, 0.3) is 43.5 Å². The van der Waals surface area contributed by atoms with Crippen molar-refractivity contribution >= 4 is 90.1 Å². The highest BCUT2D eigenvalue weighted by Crippen LogP contribution is 2.54. The van der Waals surface area contributed by atoms with Crippen LogP contribution >= 0.6 is 22.7 Å². The zero-order valence-electron chi connectivity index (χ0n) is 36.5. The summed E-state index contributed by atoms with van der Waals surface area (Å²) in [6, 6.07) is 41.2. The van der Waals surface area contributed by atoms with Crippen LogP contribution in [0.3, 0.4) is 0 Å². The fraction of sp³-hybridized carbons (Fsp3) is 0.0526. The molecule has 71 heavy (non-hydrogen) atoms. The van der Waals surface area contributed by atoms with Gasteiger partial charge in [0.15, 0.2) is 23.1 Å². The number of ether oxygens (including phenoxy) is 2. The predicted molar refractivity (Wildman–Crippen MR) is 261 cm³/mol. The molecule has 0 spiro atoms. The average molecular weight is 959 g/mol. The molecule has 0 amide bonds. The first-order valence-electron chi connectivity index (χ1n) is 21.6. The van der Waals surface area contributed by atoms with Gasteiger partial charge in [-0.25, -0.2) is 0 Å².